The van der Waals surface area contributed by atoms with E-state index in [2.05, 4.69) is 9.98 Å². The second-order valence-electron chi connectivity index (χ2n) is 7.43. The molecule has 0 spiro atoms. The number of halogens is 3. The zero-order valence-corrected chi connectivity index (χ0v) is 17.7. The molecule has 0 aliphatic carbocycles. The number of benzene rings is 2. The van der Waals surface area contributed by atoms with Gasteiger partial charge in [0.2, 0.25) is 5.56 Å². The van der Waals surface area contributed by atoms with Crippen molar-refractivity contribution in [2.45, 2.75) is 19.7 Å². The number of pyridine rings is 1. The summed E-state index contributed by atoms with van der Waals surface area (Å²) in [6.07, 6.45) is -2.75. The van der Waals surface area contributed by atoms with Crippen LogP contribution in [-0.2, 0) is 12.8 Å². The molecule has 170 valence electrons. The molecule has 0 unspecified atom stereocenters. The van der Waals surface area contributed by atoms with Crippen LogP contribution in [0.15, 0.2) is 52.3 Å². The van der Waals surface area contributed by atoms with E-state index in [0.717, 1.165) is 11.3 Å². The molecule has 1 aromatic heterocycles. The van der Waals surface area contributed by atoms with E-state index in [1.165, 1.54) is 32.2 Å². The molecule has 0 amide bonds. The summed E-state index contributed by atoms with van der Waals surface area (Å²) in [5.41, 5.74) is 0.491. The number of ether oxygens (including phenoxy) is 2. The summed E-state index contributed by atoms with van der Waals surface area (Å²) >= 11 is 0. The van der Waals surface area contributed by atoms with Crippen molar-refractivity contribution >= 4 is 11.9 Å². The second-order valence-corrected chi connectivity index (χ2v) is 7.43. The monoisotopic (exact) mass is 456 g/mol. The molecule has 0 atom stereocenters. The number of hydrogen-bond donors (Lipinski definition) is 1. The van der Waals surface area contributed by atoms with Crippen molar-refractivity contribution in [2.24, 2.45) is 4.99 Å². The molecule has 1 aliphatic heterocycles. The van der Waals surface area contributed by atoms with Gasteiger partial charge in [0, 0.05) is 22.4 Å². The van der Waals surface area contributed by atoms with Crippen molar-refractivity contribution in [3.8, 4) is 22.6 Å². The van der Waals surface area contributed by atoms with Crippen LogP contribution in [0, 0.1) is 0 Å². The number of fused-ring (bicyclic) bond motifs is 1. The highest BCUT2D eigenvalue weighted by Crippen LogP contribution is 2.35. The normalized spacial score (nSPS) is 12.5. The molecule has 2 heterocycles. The highest BCUT2D eigenvalue weighted by Gasteiger charge is 2.34. The third-order valence-corrected chi connectivity index (χ3v) is 5.29. The van der Waals surface area contributed by atoms with E-state index in [9.17, 15) is 22.8 Å². The molecule has 4 rings (SSSR count). The second kappa shape index (κ2) is 8.57. The number of carbonyl (C=O) groups is 1. The van der Waals surface area contributed by atoms with Crippen LogP contribution in [0.4, 0.5) is 13.2 Å². The average molecular weight is 456 g/mol. The Morgan fingerprint density at radius 2 is 1.91 bits per heavy atom. The maximum absolute atomic E-state index is 13.5. The first kappa shape index (κ1) is 22.3. The van der Waals surface area contributed by atoms with Gasteiger partial charge >= 0.3 is 6.18 Å². The molecule has 6 nitrogen and oxygen atoms in total. The first-order valence-corrected chi connectivity index (χ1v) is 9.97. The fourth-order valence-electron chi connectivity index (χ4n) is 3.65. The minimum absolute atomic E-state index is 0.0260. The number of ketones is 1. The van der Waals surface area contributed by atoms with E-state index >= 15 is 0 Å². The molecule has 3 aromatic rings. The molecule has 1 aliphatic rings. The van der Waals surface area contributed by atoms with Crippen LogP contribution in [0.1, 0.15) is 28.4 Å². The van der Waals surface area contributed by atoms with Gasteiger partial charge in [-0.3, -0.25) is 14.6 Å². The quantitative estimate of drug-likeness (QED) is 0.578. The molecule has 33 heavy (non-hydrogen) atoms. The van der Waals surface area contributed by atoms with Crippen molar-refractivity contribution in [1.82, 2.24) is 4.98 Å². The first-order chi connectivity index (χ1) is 15.7. The Kier molecular flexibility index (Phi) is 5.80. The number of alkyl halides is 3. The largest absolute Gasteiger partial charge is 0.493 e. The van der Waals surface area contributed by atoms with Crippen molar-refractivity contribution in [3.63, 3.8) is 0 Å². The van der Waals surface area contributed by atoms with Gasteiger partial charge in [0.1, 0.15) is 12.1 Å². The van der Waals surface area contributed by atoms with Crippen LogP contribution in [0.25, 0.3) is 17.2 Å². The van der Waals surface area contributed by atoms with Gasteiger partial charge in [-0.2, -0.15) is 13.2 Å². The molecule has 0 radical (unpaired) electrons. The van der Waals surface area contributed by atoms with Crippen molar-refractivity contribution in [2.75, 3.05) is 13.7 Å². The average Bonchev–Trinajstić information content (AvgIpc) is 3.24. The third-order valence-electron chi connectivity index (χ3n) is 5.29. The molecule has 0 saturated carbocycles. The Morgan fingerprint density at radius 3 is 2.61 bits per heavy atom. The molecule has 0 bridgehead atoms. The molecule has 0 saturated heterocycles. The first-order valence-electron chi connectivity index (χ1n) is 9.97. The molecule has 9 heteroatoms. The number of nitrogens with one attached hydrogen (secondary N) is 1. The SMILES string of the molecule is COc1cc(-c2cc(=O)[nH]c3c2=CCN=3)ccc1OCc1ccc(C(C)=O)cc1C(F)(F)F. The lowest BCUT2D eigenvalue weighted by molar-refractivity contribution is -0.138. The minimum atomic E-state index is -4.64. The number of nitrogens with zero attached hydrogens (tertiary/aromatic N) is 1. The van der Waals surface area contributed by atoms with E-state index in [4.69, 9.17) is 9.47 Å². The van der Waals surface area contributed by atoms with Gasteiger partial charge in [-0.15, -0.1) is 0 Å². The summed E-state index contributed by atoms with van der Waals surface area (Å²) in [7, 11) is 1.42. The van der Waals surface area contributed by atoms with Gasteiger partial charge < -0.3 is 14.5 Å². The number of carbonyl (C=O) groups excluding carboxylic acids is 1. The van der Waals surface area contributed by atoms with Crippen LogP contribution < -0.4 is 25.7 Å². The number of rotatable bonds is 6. The topological polar surface area (TPSA) is 80.8 Å². The number of methoxy groups -OCH3 is 1. The van der Waals surface area contributed by atoms with E-state index in [1.807, 2.05) is 6.08 Å². The highest BCUT2D eigenvalue weighted by molar-refractivity contribution is 5.94. The van der Waals surface area contributed by atoms with Crippen molar-refractivity contribution < 1.29 is 27.4 Å². The maximum atomic E-state index is 13.5. The molecule has 1 N–H and O–H groups in total. The van der Waals surface area contributed by atoms with E-state index in [0.29, 0.717) is 28.9 Å². The smallest absolute Gasteiger partial charge is 0.416 e. The highest BCUT2D eigenvalue weighted by atomic mass is 19.4. The maximum Gasteiger partial charge on any atom is 0.416 e. The molecular weight excluding hydrogens is 437 g/mol. The Balaban J connectivity index is 1.66. The number of hydrogen-bond acceptors (Lipinski definition) is 5. The van der Waals surface area contributed by atoms with Crippen LogP contribution in [-0.4, -0.2) is 24.4 Å². The van der Waals surface area contributed by atoms with Gasteiger partial charge in [-0.1, -0.05) is 24.3 Å². The third kappa shape index (κ3) is 4.52. The molecule has 0 fully saturated rings. The van der Waals surface area contributed by atoms with Crippen molar-refractivity contribution in [3.05, 3.63) is 80.2 Å². The number of Topliss-reactive ketones (excluding diaryl/α,β-unsaturated/α-hetero) is 1. The summed E-state index contributed by atoms with van der Waals surface area (Å²) in [6, 6.07) is 9.78. The van der Waals surface area contributed by atoms with Crippen LogP contribution >= 0.6 is 0 Å². The fourth-order valence-corrected chi connectivity index (χ4v) is 3.65. The molecule has 2 aromatic carbocycles. The Hall–Kier alpha value is -3.88. The van der Waals surface area contributed by atoms with Gasteiger partial charge in [0.15, 0.2) is 17.3 Å². The lowest BCUT2D eigenvalue weighted by Crippen LogP contribution is -2.33. The van der Waals surface area contributed by atoms with Gasteiger partial charge in [-0.25, -0.2) is 0 Å². The van der Waals surface area contributed by atoms with Gasteiger partial charge in [0.05, 0.1) is 19.2 Å². The van der Waals surface area contributed by atoms with Crippen molar-refractivity contribution in [1.29, 1.82) is 0 Å². The zero-order chi connectivity index (χ0) is 23.8. The van der Waals surface area contributed by atoms with E-state index < -0.39 is 17.5 Å². The summed E-state index contributed by atoms with van der Waals surface area (Å²) in [5.74, 6) is 0.0760. The Bertz CT molecular complexity index is 1430. The molecular formula is C24H19F3N2O4. The summed E-state index contributed by atoms with van der Waals surface area (Å²) in [5, 5.41) is 0.797. The van der Waals surface area contributed by atoms with Gasteiger partial charge in [0.25, 0.3) is 0 Å². The predicted molar refractivity (Wildman–Crippen MR) is 115 cm³/mol. The standard InChI is InChI=1S/C24H19F3N2O4/c1-13(30)14-3-4-16(19(9-14)24(25,26)27)12-33-20-6-5-15(10-21(20)32-2)18-11-22(31)29-23-17(18)7-8-28-23/h3-7,9-11H,8,12H2,1-2H3,(H,28,29,31). The number of aromatic nitrogens is 1. The van der Waals surface area contributed by atoms with E-state index in [-0.39, 0.29) is 29.0 Å². The Labute approximate surface area is 186 Å². The van der Waals surface area contributed by atoms with E-state index in [1.54, 1.807) is 18.2 Å². The lowest BCUT2D eigenvalue weighted by atomic mass is 10.0. The van der Waals surface area contributed by atoms with Crippen LogP contribution in [0.3, 0.4) is 0 Å². The summed E-state index contributed by atoms with van der Waals surface area (Å²) in [4.78, 5) is 30.4. The zero-order valence-electron chi connectivity index (χ0n) is 17.7. The Morgan fingerprint density at radius 1 is 1.12 bits per heavy atom. The summed E-state index contributed by atoms with van der Waals surface area (Å²) in [6.45, 7) is 1.29. The van der Waals surface area contributed by atoms with Crippen LogP contribution in [0.5, 0.6) is 11.5 Å². The minimum Gasteiger partial charge on any atom is -0.493 e. The van der Waals surface area contributed by atoms with Gasteiger partial charge in [-0.05, 0) is 36.2 Å². The van der Waals surface area contributed by atoms with Crippen LogP contribution in [0.2, 0.25) is 0 Å². The number of H-pyrrole nitrogens is 1. The predicted octanol–water partition coefficient (Wildman–Crippen LogP) is 3.26. The summed E-state index contributed by atoms with van der Waals surface area (Å²) < 4.78 is 51.6. The lowest BCUT2D eigenvalue weighted by Gasteiger charge is -2.16. The fraction of sp³-hybridized carbons (Fsp3) is 0.208. The number of aromatic amines is 1.